The molecule has 6 N–H and O–H groups in total. The van der Waals surface area contributed by atoms with E-state index in [0.29, 0.717) is 47.7 Å². The van der Waals surface area contributed by atoms with Gasteiger partial charge >= 0.3 is 6.09 Å². The van der Waals surface area contributed by atoms with Gasteiger partial charge in [0.2, 0.25) is 12.3 Å². The monoisotopic (exact) mass is 723 g/mol. The van der Waals surface area contributed by atoms with Crippen LogP contribution in [0, 0.1) is 6.92 Å². The highest BCUT2D eigenvalue weighted by Crippen LogP contribution is 2.22. The summed E-state index contributed by atoms with van der Waals surface area (Å²) in [5.41, 5.74) is 13.4. The van der Waals surface area contributed by atoms with Crippen molar-refractivity contribution in [1.82, 2.24) is 14.5 Å². The molecule has 0 aliphatic rings. The average molecular weight is 724 g/mol. The summed E-state index contributed by atoms with van der Waals surface area (Å²) in [6.07, 6.45) is 0.880. The molecule has 14 heteroatoms. The largest absolute Gasteiger partial charge is 0.444 e. The molecule has 0 fully saturated rings. The molecular formula is C37H49N5O8S. The molecule has 0 aromatic heterocycles. The minimum atomic E-state index is -4.50. The summed E-state index contributed by atoms with van der Waals surface area (Å²) in [5, 5.41) is 13.1. The first kappa shape index (κ1) is 40.8. The van der Waals surface area contributed by atoms with Gasteiger partial charge in [-0.1, -0.05) is 84.8 Å². The van der Waals surface area contributed by atoms with Crippen LogP contribution >= 0.6 is 0 Å². The van der Waals surface area contributed by atoms with Crippen LogP contribution in [0.4, 0.5) is 4.79 Å². The van der Waals surface area contributed by atoms with Crippen molar-refractivity contribution in [3.63, 3.8) is 0 Å². The van der Waals surface area contributed by atoms with Crippen LogP contribution in [0.15, 0.2) is 89.8 Å². The molecule has 0 aliphatic carbocycles. The number of rotatable bonds is 21. The summed E-state index contributed by atoms with van der Waals surface area (Å²) < 4.78 is 33.5. The Kier molecular flexibility index (Phi) is 16.7. The lowest BCUT2D eigenvalue weighted by Gasteiger charge is -2.33. The van der Waals surface area contributed by atoms with Crippen molar-refractivity contribution in [2.45, 2.75) is 81.5 Å². The number of hydrogen-bond acceptors (Lipinski definition) is 10. The fraction of sp³-hybridized carbons (Fsp3) is 0.405. The van der Waals surface area contributed by atoms with Crippen LogP contribution < -0.4 is 16.8 Å². The molecule has 4 amide bonds. The number of aryl methyl sites for hydroxylation is 1. The van der Waals surface area contributed by atoms with Crippen molar-refractivity contribution in [3.8, 4) is 0 Å². The molecule has 3 atom stereocenters. The number of nitrogens with two attached hydrogens (primary N) is 2. The zero-order chi connectivity index (χ0) is 37.2. The van der Waals surface area contributed by atoms with Gasteiger partial charge in [-0.3, -0.25) is 14.4 Å². The smallest absolute Gasteiger partial charge is 0.417 e. The number of imide groups is 1. The molecule has 276 valence electrons. The quantitative estimate of drug-likeness (QED) is 0.0935. The molecule has 3 rings (SSSR count). The van der Waals surface area contributed by atoms with Crippen LogP contribution in [0.25, 0.3) is 0 Å². The predicted octanol–water partition coefficient (Wildman–Crippen LogP) is 3.02. The molecule has 0 bridgehead atoms. The predicted molar refractivity (Wildman–Crippen MR) is 192 cm³/mol. The molecule has 3 aromatic carbocycles. The van der Waals surface area contributed by atoms with Gasteiger partial charge in [0.05, 0.1) is 17.5 Å². The normalized spacial score (nSPS) is 13.0. The van der Waals surface area contributed by atoms with Gasteiger partial charge in [-0.15, -0.1) is 0 Å². The van der Waals surface area contributed by atoms with E-state index in [1.165, 1.54) is 12.1 Å². The van der Waals surface area contributed by atoms with E-state index >= 15 is 0 Å². The van der Waals surface area contributed by atoms with Gasteiger partial charge in [0.15, 0.2) is 0 Å². The molecule has 0 saturated heterocycles. The maximum atomic E-state index is 14.5. The Labute approximate surface area is 300 Å². The highest BCUT2D eigenvalue weighted by molar-refractivity contribution is 7.89. The van der Waals surface area contributed by atoms with Crippen LogP contribution in [0.5, 0.6) is 0 Å². The second-order valence-electron chi connectivity index (χ2n) is 12.2. The summed E-state index contributed by atoms with van der Waals surface area (Å²) in [6, 6.07) is 19.4. The number of aliphatic hydroxyl groups is 1. The summed E-state index contributed by atoms with van der Waals surface area (Å²) >= 11 is 0. The lowest BCUT2D eigenvalue weighted by Crippen LogP contribution is -2.58. The Morgan fingerprint density at radius 2 is 1.41 bits per heavy atom. The number of benzene rings is 3. The van der Waals surface area contributed by atoms with Crippen molar-refractivity contribution in [2.75, 3.05) is 19.7 Å². The number of nitrogens with one attached hydrogen (secondary N) is 1. The summed E-state index contributed by atoms with van der Waals surface area (Å²) in [7, 11) is -4.50. The third-order valence-corrected chi connectivity index (χ3v) is 10.1. The number of amides is 4. The van der Waals surface area contributed by atoms with E-state index in [2.05, 4.69) is 5.32 Å². The van der Waals surface area contributed by atoms with E-state index in [1.807, 2.05) is 0 Å². The van der Waals surface area contributed by atoms with Gasteiger partial charge in [-0.2, -0.15) is 0 Å². The van der Waals surface area contributed by atoms with Gasteiger partial charge in [-0.25, -0.2) is 22.4 Å². The van der Waals surface area contributed by atoms with Gasteiger partial charge in [0.1, 0.15) is 18.7 Å². The Bertz CT molecular complexity index is 1640. The van der Waals surface area contributed by atoms with Crippen LogP contribution in [0.2, 0.25) is 0 Å². The second-order valence-corrected chi connectivity index (χ2v) is 14.0. The SMILES string of the molecule is Cc1ccc(S(=O)(=O)N(C=O)[C@H](CCCCN)C(=O)N[C@@H](Cc2ccccc2)C(=O)N(C(=O)OCc2ccccc2)[C@H](CO)CCCCN)cc1. The minimum absolute atomic E-state index is 0.0830. The second kappa shape index (κ2) is 20.9. The Balaban J connectivity index is 2.03. The first-order valence-corrected chi connectivity index (χ1v) is 18.5. The Hall–Kier alpha value is -4.63. The van der Waals surface area contributed by atoms with Gasteiger partial charge < -0.3 is 26.6 Å². The molecule has 13 nitrogen and oxygen atoms in total. The summed E-state index contributed by atoms with van der Waals surface area (Å²) in [6.45, 7) is 1.66. The van der Waals surface area contributed by atoms with Gasteiger partial charge in [-0.05, 0) is 75.4 Å². The molecule has 0 saturated carbocycles. The van der Waals surface area contributed by atoms with Crippen molar-refractivity contribution in [3.05, 3.63) is 102 Å². The standard InChI is InChI=1S/C37H49N5O8S/c1-28-18-20-32(21-19-28)51(48,49)41(27-44)34(17-9-11-23-39)35(45)40-33(24-29-12-4-2-5-13-29)36(46)42(31(25-43)16-8-10-22-38)37(47)50-26-30-14-6-3-7-15-30/h2-7,12-15,18-21,27,31,33-34,43H,8-11,16-17,22-26,38-39H2,1H3,(H,40,45)/t31-,33-,34+/m0/s1. The van der Waals surface area contributed by atoms with E-state index in [9.17, 15) is 32.7 Å². The average Bonchev–Trinajstić information content (AvgIpc) is 3.13. The topological polar surface area (TPSA) is 202 Å². The van der Waals surface area contributed by atoms with Crippen LogP contribution in [-0.4, -0.2) is 84.9 Å². The highest BCUT2D eigenvalue weighted by atomic mass is 32.2. The highest BCUT2D eigenvalue weighted by Gasteiger charge is 2.40. The van der Waals surface area contributed by atoms with E-state index in [1.54, 1.807) is 79.7 Å². The van der Waals surface area contributed by atoms with E-state index < -0.39 is 52.7 Å². The Morgan fingerprint density at radius 1 is 0.843 bits per heavy atom. The van der Waals surface area contributed by atoms with Crippen molar-refractivity contribution in [1.29, 1.82) is 0 Å². The van der Waals surface area contributed by atoms with E-state index in [0.717, 1.165) is 10.5 Å². The molecule has 0 spiro atoms. The number of sulfonamides is 1. The number of ether oxygens (including phenoxy) is 1. The maximum absolute atomic E-state index is 14.5. The van der Waals surface area contributed by atoms with Crippen LogP contribution in [-0.2, 0) is 42.2 Å². The van der Waals surface area contributed by atoms with Gasteiger partial charge in [0, 0.05) is 6.42 Å². The lowest BCUT2D eigenvalue weighted by atomic mass is 10.0. The molecule has 3 aromatic rings. The molecule has 0 aliphatic heterocycles. The minimum Gasteiger partial charge on any atom is -0.444 e. The van der Waals surface area contributed by atoms with Crippen molar-refractivity contribution < 1.29 is 37.4 Å². The van der Waals surface area contributed by atoms with E-state index in [-0.39, 0.29) is 43.7 Å². The third-order valence-electron chi connectivity index (χ3n) is 8.35. The van der Waals surface area contributed by atoms with Crippen LogP contribution in [0.1, 0.15) is 55.2 Å². The van der Waals surface area contributed by atoms with Gasteiger partial charge in [0.25, 0.3) is 15.9 Å². The molecule has 51 heavy (non-hydrogen) atoms. The molecule has 0 unspecified atom stereocenters. The molecular weight excluding hydrogens is 675 g/mol. The van der Waals surface area contributed by atoms with Crippen LogP contribution in [0.3, 0.4) is 0 Å². The maximum Gasteiger partial charge on any atom is 0.417 e. The van der Waals surface area contributed by atoms with Crippen molar-refractivity contribution in [2.24, 2.45) is 11.5 Å². The zero-order valence-corrected chi connectivity index (χ0v) is 29.7. The number of unbranched alkanes of at least 4 members (excludes halogenated alkanes) is 2. The fourth-order valence-electron chi connectivity index (χ4n) is 5.51. The molecule has 0 heterocycles. The molecule has 0 radical (unpaired) electrons. The number of hydrogen-bond donors (Lipinski definition) is 4. The fourth-order valence-corrected chi connectivity index (χ4v) is 6.88. The first-order chi connectivity index (χ1) is 24.6. The number of nitrogens with zero attached hydrogens (tertiary/aromatic N) is 2. The summed E-state index contributed by atoms with van der Waals surface area (Å²) in [5.74, 6) is -1.80. The Morgan fingerprint density at radius 3 is 1.96 bits per heavy atom. The zero-order valence-electron chi connectivity index (χ0n) is 28.9. The number of carbonyl (C=O) groups is 4. The number of aliphatic hydroxyl groups excluding tert-OH is 1. The summed E-state index contributed by atoms with van der Waals surface area (Å²) in [4.78, 5) is 55.5. The number of carbonyl (C=O) groups excluding carboxylic acids is 4. The third kappa shape index (κ3) is 12.0. The lowest BCUT2D eigenvalue weighted by molar-refractivity contribution is -0.139. The first-order valence-electron chi connectivity index (χ1n) is 17.0. The van der Waals surface area contributed by atoms with Crippen molar-refractivity contribution >= 4 is 34.3 Å². The van der Waals surface area contributed by atoms with E-state index in [4.69, 9.17) is 16.2 Å².